The molecule has 0 amide bonds. The molecule has 5 aromatic rings. The molecular weight excluding hydrogens is 609 g/mol. The lowest BCUT2D eigenvalue weighted by atomic mass is 9.67. The fraction of sp³-hybridized carbons (Fsp3) is 0.209. The van der Waals surface area contributed by atoms with Crippen LogP contribution in [0.5, 0.6) is 0 Å². The Morgan fingerprint density at radius 3 is 1.48 bits per heavy atom. The topological polar surface area (TPSA) is 40.6 Å². The molecule has 240 valence electrons. The van der Waals surface area contributed by atoms with Crippen LogP contribution in [0.1, 0.15) is 57.7 Å². The lowest BCUT2D eigenvalue weighted by molar-refractivity contribution is 0.499. The number of hydrogen-bond acceptors (Lipinski definition) is 4. The molecule has 1 unspecified atom stereocenters. The minimum atomic E-state index is -3.75. The lowest BCUT2D eigenvalue weighted by Crippen LogP contribution is -2.37. The molecule has 0 N–H and O–H groups in total. The van der Waals surface area contributed by atoms with E-state index in [2.05, 4.69) is 129 Å². The lowest BCUT2D eigenvalue weighted by Gasteiger charge is -2.46. The molecule has 3 aliphatic rings. The molecule has 0 radical (unpaired) electrons. The highest BCUT2D eigenvalue weighted by atomic mass is 32.2. The van der Waals surface area contributed by atoms with Gasteiger partial charge in [-0.05, 0) is 107 Å². The molecule has 0 bridgehead atoms. The maximum atomic E-state index is 14.0. The molecule has 2 aliphatic heterocycles. The summed E-state index contributed by atoms with van der Waals surface area (Å²) in [6, 6.07) is 40.2. The van der Waals surface area contributed by atoms with Crippen molar-refractivity contribution in [3.8, 4) is 0 Å². The molecular formula is C43H40N2O2S. The van der Waals surface area contributed by atoms with Crippen molar-refractivity contribution in [2.45, 2.75) is 61.7 Å². The Morgan fingerprint density at radius 2 is 0.979 bits per heavy atom. The van der Waals surface area contributed by atoms with E-state index < -0.39 is 9.84 Å². The number of rotatable bonds is 4. The van der Waals surface area contributed by atoms with Crippen molar-refractivity contribution in [3.05, 3.63) is 161 Å². The normalized spacial score (nSPS) is 18.9. The number of anilines is 5. The summed E-state index contributed by atoms with van der Waals surface area (Å²) in [5, 5.41) is 0. The van der Waals surface area contributed by atoms with Crippen LogP contribution in [0, 0.1) is 5.92 Å². The van der Waals surface area contributed by atoms with Crippen LogP contribution in [0.4, 0.5) is 28.4 Å². The number of para-hydroxylation sites is 3. The largest absolute Gasteiger partial charge is 0.310 e. The van der Waals surface area contributed by atoms with Gasteiger partial charge in [-0.15, -0.1) is 0 Å². The number of benzene rings is 5. The van der Waals surface area contributed by atoms with Crippen molar-refractivity contribution in [2.75, 3.05) is 9.80 Å². The maximum absolute atomic E-state index is 14.0. The summed E-state index contributed by atoms with van der Waals surface area (Å²) in [4.78, 5) is 5.09. The molecule has 0 saturated heterocycles. The van der Waals surface area contributed by atoms with Crippen molar-refractivity contribution < 1.29 is 8.42 Å². The second-order valence-electron chi connectivity index (χ2n) is 14.3. The Kier molecular flexibility index (Phi) is 6.87. The Bertz CT molecular complexity index is 2190. The van der Waals surface area contributed by atoms with Crippen LogP contribution in [-0.2, 0) is 20.7 Å². The quantitative estimate of drug-likeness (QED) is 0.194. The summed E-state index contributed by atoms with van der Waals surface area (Å²) in [7, 11) is -3.75. The maximum Gasteiger partial charge on any atom is 0.206 e. The van der Waals surface area contributed by atoms with Crippen LogP contribution in [-0.4, -0.2) is 8.42 Å². The fourth-order valence-electron chi connectivity index (χ4n) is 8.36. The van der Waals surface area contributed by atoms with Gasteiger partial charge in [-0.2, -0.15) is 0 Å². The summed E-state index contributed by atoms with van der Waals surface area (Å²) in [5.41, 5.74) is 11.3. The Balaban J connectivity index is 1.14. The summed E-state index contributed by atoms with van der Waals surface area (Å²) in [6.07, 6.45) is 5.51. The van der Waals surface area contributed by atoms with Gasteiger partial charge in [0.25, 0.3) is 0 Å². The molecule has 1 aliphatic carbocycles. The monoisotopic (exact) mass is 648 g/mol. The molecule has 0 aromatic heterocycles. The first kappa shape index (κ1) is 30.5. The van der Waals surface area contributed by atoms with Crippen LogP contribution >= 0.6 is 0 Å². The zero-order chi connectivity index (χ0) is 33.4. The van der Waals surface area contributed by atoms with Crippen LogP contribution in [0.2, 0.25) is 0 Å². The smallest absolute Gasteiger partial charge is 0.206 e. The van der Waals surface area contributed by atoms with Gasteiger partial charge < -0.3 is 9.80 Å². The minimum absolute atomic E-state index is 0.101. The van der Waals surface area contributed by atoms with E-state index in [0.29, 0.717) is 5.92 Å². The van der Waals surface area contributed by atoms with E-state index in [-0.39, 0.29) is 20.6 Å². The average molecular weight is 649 g/mol. The van der Waals surface area contributed by atoms with Gasteiger partial charge in [-0.25, -0.2) is 8.42 Å². The molecule has 0 fully saturated rings. The molecule has 0 spiro atoms. The third kappa shape index (κ3) is 4.44. The molecule has 48 heavy (non-hydrogen) atoms. The highest BCUT2D eigenvalue weighted by molar-refractivity contribution is 7.91. The number of hydrogen-bond donors (Lipinski definition) is 0. The molecule has 0 saturated carbocycles. The van der Waals surface area contributed by atoms with Crippen molar-refractivity contribution in [1.29, 1.82) is 0 Å². The third-order valence-electron chi connectivity index (χ3n) is 10.7. The Hall–Kier alpha value is -4.87. The third-order valence-corrected chi connectivity index (χ3v) is 12.5. The highest BCUT2D eigenvalue weighted by Crippen LogP contribution is 2.53. The molecule has 5 heteroatoms. The second-order valence-corrected chi connectivity index (χ2v) is 16.3. The van der Waals surface area contributed by atoms with Gasteiger partial charge >= 0.3 is 0 Å². The second kappa shape index (κ2) is 10.8. The van der Waals surface area contributed by atoms with Crippen LogP contribution in [0.15, 0.2) is 155 Å². The van der Waals surface area contributed by atoms with Crippen molar-refractivity contribution >= 4 is 38.3 Å². The van der Waals surface area contributed by atoms with Crippen molar-refractivity contribution in [1.82, 2.24) is 0 Å². The highest BCUT2D eigenvalue weighted by Gasteiger charge is 2.41. The first-order valence-electron chi connectivity index (χ1n) is 16.8. The molecule has 8 rings (SSSR count). The predicted molar refractivity (Wildman–Crippen MR) is 197 cm³/mol. The van der Waals surface area contributed by atoms with E-state index in [0.717, 1.165) is 34.9 Å². The van der Waals surface area contributed by atoms with E-state index in [4.69, 9.17) is 0 Å². The fourth-order valence-corrected chi connectivity index (χ4v) is 9.62. The average Bonchev–Trinajstić information content (AvgIpc) is 3.09. The van der Waals surface area contributed by atoms with Gasteiger partial charge in [-0.3, -0.25) is 0 Å². The SMILES string of the molecule is CC1CC=CC2=C1C(C)(C)c1ccccc1N2c1ccc(S(=O)(=O)c2ccc(N3c4ccccc4C(C)(C)c4ccccc43)cc2)cc1. The Morgan fingerprint density at radius 1 is 0.562 bits per heavy atom. The van der Waals surface area contributed by atoms with E-state index in [1.165, 1.54) is 28.0 Å². The molecule has 5 aromatic carbocycles. The number of sulfone groups is 1. The van der Waals surface area contributed by atoms with Gasteiger partial charge in [0, 0.05) is 27.9 Å². The minimum Gasteiger partial charge on any atom is -0.310 e. The zero-order valence-electron chi connectivity index (χ0n) is 28.1. The first-order chi connectivity index (χ1) is 23.0. The van der Waals surface area contributed by atoms with Gasteiger partial charge in [0.1, 0.15) is 0 Å². The van der Waals surface area contributed by atoms with E-state index in [1.807, 2.05) is 24.3 Å². The number of nitrogens with zero attached hydrogens (tertiary/aromatic N) is 2. The predicted octanol–water partition coefficient (Wildman–Crippen LogP) is 10.9. The summed E-state index contributed by atoms with van der Waals surface area (Å²) in [6.45, 7) is 11.5. The number of fused-ring (bicyclic) bond motifs is 3. The van der Waals surface area contributed by atoms with Gasteiger partial charge in [0.2, 0.25) is 9.84 Å². The van der Waals surface area contributed by atoms with Crippen molar-refractivity contribution in [3.63, 3.8) is 0 Å². The van der Waals surface area contributed by atoms with Gasteiger partial charge in [0.05, 0.1) is 26.9 Å². The summed E-state index contributed by atoms with van der Waals surface area (Å²) < 4.78 is 28.0. The zero-order valence-corrected chi connectivity index (χ0v) is 28.9. The van der Waals surface area contributed by atoms with Crippen LogP contribution in [0.25, 0.3) is 0 Å². The van der Waals surface area contributed by atoms with E-state index >= 15 is 0 Å². The van der Waals surface area contributed by atoms with E-state index in [9.17, 15) is 8.42 Å². The number of allylic oxidation sites excluding steroid dienone is 3. The van der Waals surface area contributed by atoms with Crippen LogP contribution < -0.4 is 9.80 Å². The van der Waals surface area contributed by atoms with Crippen LogP contribution in [0.3, 0.4) is 0 Å². The molecule has 4 nitrogen and oxygen atoms in total. The molecule has 2 heterocycles. The van der Waals surface area contributed by atoms with Gasteiger partial charge in [0.15, 0.2) is 0 Å². The summed E-state index contributed by atoms with van der Waals surface area (Å²) in [5.74, 6) is 0.414. The summed E-state index contributed by atoms with van der Waals surface area (Å²) >= 11 is 0. The standard InChI is InChI=1S/C43H40N2O2S/c1-29-13-12-20-40-41(29)43(4,5)36-16-8-11-19-39(36)45(40)31-23-27-33(28-24-31)48(46,47)32-25-21-30(22-26-32)44-37-17-9-6-14-34(37)42(2,3)35-15-7-10-18-38(35)44/h6-12,14-29H,13H2,1-5H3. The van der Waals surface area contributed by atoms with E-state index in [1.54, 1.807) is 24.3 Å². The van der Waals surface area contributed by atoms with Gasteiger partial charge in [-0.1, -0.05) is 95.3 Å². The molecule has 1 atom stereocenters. The Labute approximate surface area is 284 Å². The first-order valence-corrected chi connectivity index (χ1v) is 18.2. The van der Waals surface area contributed by atoms with Crippen molar-refractivity contribution in [2.24, 2.45) is 5.92 Å².